The standard InChI is InChI=1S/C10H18O2/c1-8(7-11)5-6-9(12)10(2,3)4/h5,11H,6-7H2,1-4H3/b8-5+. The predicted molar refractivity (Wildman–Crippen MR) is 49.9 cm³/mol. The average Bonchev–Trinajstić information content (AvgIpc) is 1.97. The largest absolute Gasteiger partial charge is 0.392 e. The first-order chi connectivity index (χ1) is 5.38. The van der Waals surface area contributed by atoms with E-state index in [0.717, 1.165) is 5.57 Å². The molecule has 0 saturated carbocycles. The van der Waals surface area contributed by atoms with Gasteiger partial charge in [0.2, 0.25) is 0 Å². The van der Waals surface area contributed by atoms with Crippen LogP contribution in [0.15, 0.2) is 11.6 Å². The highest BCUT2D eigenvalue weighted by Gasteiger charge is 2.19. The maximum Gasteiger partial charge on any atom is 0.141 e. The van der Waals surface area contributed by atoms with Gasteiger partial charge in [0.15, 0.2) is 0 Å². The maximum absolute atomic E-state index is 11.4. The Bertz CT molecular complexity index is 185. The molecule has 0 aromatic carbocycles. The van der Waals surface area contributed by atoms with Crippen LogP contribution in [0.3, 0.4) is 0 Å². The van der Waals surface area contributed by atoms with Crippen LogP contribution in [-0.2, 0) is 4.79 Å². The molecule has 0 aliphatic heterocycles. The predicted octanol–water partition coefficient (Wildman–Crippen LogP) is 1.93. The second-order valence-corrected chi connectivity index (χ2v) is 4.09. The van der Waals surface area contributed by atoms with Crippen molar-refractivity contribution in [2.24, 2.45) is 5.41 Å². The molecule has 0 unspecified atom stereocenters. The molecule has 0 rings (SSSR count). The van der Waals surface area contributed by atoms with Crippen LogP contribution in [0.5, 0.6) is 0 Å². The first kappa shape index (κ1) is 11.4. The zero-order chi connectivity index (χ0) is 9.78. The summed E-state index contributed by atoms with van der Waals surface area (Å²) < 4.78 is 0. The normalized spacial score (nSPS) is 13.2. The quantitative estimate of drug-likeness (QED) is 0.657. The molecule has 0 aliphatic rings. The van der Waals surface area contributed by atoms with E-state index in [4.69, 9.17) is 5.11 Å². The minimum absolute atomic E-state index is 0.0391. The fourth-order valence-electron chi connectivity index (χ4n) is 0.638. The van der Waals surface area contributed by atoms with Gasteiger partial charge in [-0.25, -0.2) is 0 Å². The highest BCUT2D eigenvalue weighted by molar-refractivity contribution is 5.84. The Morgan fingerprint density at radius 2 is 1.92 bits per heavy atom. The number of ketones is 1. The van der Waals surface area contributed by atoms with Crippen molar-refractivity contribution in [3.05, 3.63) is 11.6 Å². The van der Waals surface area contributed by atoms with E-state index in [1.165, 1.54) is 0 Å². The van der Waals surface area contributed by atoms with E-state index < -0.39 is 0 Å². The van der Waals surface area contributed by atoms with Crippen LogP contribution >= 0.6 is 0 Å². The van der Waals surface area contributed by atoms with Crippen molar-refractivity contribution in [1.29, 1.82) is 0 Å². The molecule has 70 valence electrons. The monoisotopic (exact) mass is 170 g/mol. The number of rotatable bonds is 3. The summed E-state index contributed by atoms with van der Waals surface area (Å²) >= 11 is 0. The highest BCUT2D eigenvalue weighted by atomic mass is 16.3. The highest BCUT2D eigenvalue weighted by Crippen LogP contribution is 2.17. The van der Waals surface area contributed by atoms with Crippen molar-refractivity contribution in [3.63, 3.8) is 0 Å². The lowest BCUT2D eigenvalue weighted by atomic mass is 9.89. The minimum Gasteiger partial charge on any atom is -0.392 e. The lowest BCUT2D eigenvalue weighted by molar-refractivity contribution is -0.125. The molecule has 0 amide bonds. The van der Waals surface area contributed by atoms with Crippen LogP contribution in [0, 0.1) is 5.41 Å². The number of aliphatic hydroxyl groups excluding tert-OH is 1. The topological polar surface area (TPSA) is 37.3 Å². The van der Waals surface area contributed by atoms with E-state index >= 15 is 0 Å². The molecule has 0 bridgehead atoms. The van der Waals surface area contributed by atoms with E-state index in [2.05, 4.69) is 0 Å². The Balaban J connectivity index is 4.04. The van der Waals surface area contributed by atoms with Gasteiger partial charge < -0.3 is 5.11 Å². The number of hydrogen-bond acceptors (Lipinski definition) is 2. The van der Waals surface area contributed by atoms with Gasteiger partial charge in [-0.3, -0.25) is 4.79 Å². The number of allylic oxidation sites excluding steroid dienone is 1. The molecule has 0 fully saturated rings. The van der Waals surface area contributed by atoms with E-state index in [0.29, 0.717) is 6.42 Å². The summed E-state index contributed by atoms with van der Waals surface area (Å²) in [4.78, 5) is 11.4. The van der Waals surface area contributed by atoms with Gasteiger partial charge in [-0.05, 0) is 6.92 Å². The van der Waals surface area contributed by atoms with E-state index in [-0.39, 0.29) is 17.8 Å². The fraction of sp³-hybridized carbons (Fsp3) is 0.700. The van der Waals surface area contributed by atoms with Crippen molar-refractivity contribution < 1.29 is 9.90 Å². The van der Waals surface area contributed by atoms with Crippen LogP contribution in [-0.4, -0.2) is 17.5 Å². The Morgan fingerprint density at radius 1 is 1.42 bits per heavy atom. The summed E-state index contributed by atoms with van der Waals surface area (Å²) in [5, 5.41) is 8.67. The molecule has 1 N–H and O–H groups in total. The molecule has 2 nitrogen and oxygen atoms in total. The molecule has 12 heavy (non-hydrogen) atoms. The molecule has 0 aromatic heterocycles. The number of Topliss-reactive ketones (excluding diaryl/α,β-unsaturated/α-hetero) is 1. The summed E-state index contributed by atoms with van der Waals surface area (Å²) in [5.41, 5.74) is 0.583. The molecular formula is C10H18O2. The Hall–Kier alpha value is -0.630. The third-order valence-corrected chi connectivity index (χ3v) is 1.72. The third-order valence-electron chi connectivity index (χ3n) is 1.72. The second kappa shape index (κ2) is 4.41. The van der Waals surface area contributed by atoms with Crippen LogP contribution in [0.4, 0.5) is 0 Å². The van der Waals surface area contributed by atoms with Gasteiger partial charge in [-0.1, -0.05) is 32.4 Å². The van der Waals surface area contributed by atoms with E-state index in [9.17, 15) is 4.79 Å². The SMILES string of the molecule is C/C(=C\CC(=O)C(C)(C)C)CO. The molecule has 0 saturated heterocycles. The lowest BCUT2D eigenvalue weighted by Gasteiger charge is -2.14. The molecule has 0 heterocycles. The van der Waals surface area contributed by atoms with Crippen LogP contribution in [0.2, 0.25) is 0 Å². The number of aliphatic hydroxyl groups is 1. The molecule has 0 aromatic rings. The van der Waals surface area contributed by atoms with Crippen molar-refractivity contribution >= 4 is 5.78 Å². The number of hydrogen-bond donors (Lipinski definition) is 1. The maximum atomic E-state index is 11.4. The third kappa shape index (κ3) is 4.29. The Labute approximate surface area is 74.3 Å². The average molecular weight is 170 g/mol. The lowest BCUT2D eigenvalue weighted by Crippen LogP contribution is -2.19. The summed E-state index contributed by atoms with van der Waals surface area (Å²) in [6, 6.07) is 0. The molecule has 0 aliphatic carbocycles. The summed E-state index contributed by atoms with van der Waals surface area (Å²) in [6.07, 6.45) is 2.21. The minimum atomic E-state index is -0.272. The first-order valence-electron chi connectivity index (χ1n) is 4.17. The van der Waals surface area contributed by atoms with Gasteiger partial charge in [-0.2, -0.15) is 0 Å². The molecule has 0 radical (unpaired) electrons. The number of carbonyl (C=O) groups is 1. The van der Waals surface area contributed by atoms with E-state index in [1.807, 2.05) is 27.7 Å². The van der Waals surface area contributed by atoms with Crippen molar-refractivity contribution in [3.8, 4) is 0 Å². The van der Waals surface area contributed by atoms with Crippen LogP contribution < -0.4 is 0 Å². The van der Waals surface area contributed by atoms with Gasteiger partial charge in [0.1, 0.15) is 5.78 Å². The van der Waals surface area contributed by atoms with Gasteiger partial charge in [0.05, 0.1) is 6.61 Å². The Kier molecular flexibility index (Phi) is 4.18. The zero-order valence-electron chi connectivity index (χ0n) is 8.35. The van der Waals surface area contributed by atoms with Gasteiger partial charge in [0.25, 0.3) is 0 Å². The van der Waals surface area contributed by atoms with Crippen molar-refractivity contribution in [2.45, 2.75) is 34.1 Å². The molecule has 0 atom stereocenters. The smallest absolute Gasteiger partial charge is 0.141 e. The van der Waals surface area contributed by atoms with Crippen LogP contribution in [0.1, 0.15) is 34.1 Å². The van der Waals surface area contributed by atoms with Crippen molar-refractivity contribution in [2.75, 3.05) is 6.61 Å². The Morgan fingerprint density at radius 3 is 2.25 bits per heavy atom. The van der Waals surface area contributed by atoms with Gasteiger partial charge in [-0.15, -0.1) is 0 Å². The first-order valence-corrected chi connectivity index (χ1v) is 4.17. The zero-order valence-corrected chi connectivity index (χ0v) is 8.35. The van der Waals surface area contributed by atoms with Crippen molar-refractivity contribution in [1.82, 2.24) is 0 Å². The second-order valence-electron chi connectivity index (χ2n) is 4.09. The summed E-state index contributed by atoms with van der Waals surface area (Å²) in [7, 11) is 0. The molecular weight excluding hydrogens is 152 g/mol. The summed E-state index contributed by atoms with van der Waals surface area (Å²) in [6.45, 7) is 7.56. The molecule has 0 spiro atoms. The summed E-state index contributed by atoms with van der Waals surface area (Å²) in [5.74, 6) is 0.204. The van der Waals surface area contributed by atoms with Gasteiger partial charge >= 0.3 is 0 Å². The van der Waals surface area contributed by atoms with E-state index in [1.54, 1.807) is 6.08 Å². The number of carbonyl (C=O) groups excluding carboxylic acids is 1. The van der Waals surface area contributed by atoms with Crippen LogP contribution in [0.25, 0.3) is 0 Å². The van der Waals surface area contributed by atoms with Gasteiger partial charge in [0, 0.05) is 11.8 Å². The molecule has 2 heteroatoms. The fourth-order valence-corrected chi connectivity index (χ4v) is 0.638.